The summed E-state index contributed by atoms with van der Waals surface area (Å²) in [4.78, 5) is 49.6. The van der Waals surface area contributed by atoms with Crippen LogP contribution in [-0.2, 0) is 25.6 Å². The van der Waals surface area contributed by atoms with Gasteiger partial charge in [-0.1, -0.05) is 76.9 Å². The van der Waals surface area contributed by atoms with Gasteiger partial charge in [0.25, 0.3) is 0 Å². The largest absolute Gasteiger partial charge is 0.480 e. The molecule has 1 aromatic carbocycles. The van der Waals surface area contributed by atoms with Gasteiger partial charge in [-0.2, -0.15) is 0 Å². The lowest BCUT2D eigenvalue weighted by Crippen LogP contribution is -2.55. The molecule has 0 aromatic heterocycles. The summed E-state index contributed by atoms with van der Waals surface area (Å²) in [6.07, 6.45) is 6.94. The fraction of sp³-hybridized carbons (Fsp3) is 0.556. The SMILES string of the molecule is CCCCC(C)/C=C/C(=O)N[C@@H](Cc1ccccc1)C(=O)N[C@@H](C)C(=O)N[C@@H](CC(C)C)C(=O)O. The summed E-state index contributed by atoms with van der Waals surface area (Å²) < 4.78 is 0. The predicted octanol–water partition coefficient (Wildman–Crippen LogP) is 3.22. The lowest BCUT2D eigenvalue weighted by atomic mass is 10.0. The maximum Gasteiger partial charge on any atom is 0.326 e. The van der Waals surface area contributed by atoms with Crippen LogP contribution in [0.1, 0.15) is 65.9 Å². The number of hydrogen-bond donors (Lipinski definition) is 4. The molecule has 8 heteroatoms. The van der Waals surface area contributed by atoms with Crippen LogP contribution in [0, 0.1) is 11.8 Å². The van der Waals surface area contributed by atoms with Crippen LogP contribution in [-0.4, -0.2) is 46.9 Å². The Labute approximate surface area is 208 Å². The van der Waals surface area contributed by atoms with Gasteiger partial charge in [0.2, 0.25) is 17.7 Å². The van der Waals surface area contributed by atoms with E-state index in [4.69, 9.17) is 0 Å². The molecule has 1 aromatic rings. The molecule has 4 N–H and O–H groups in total. The summed E-state index contributed by atoms with van der Waals surface area (Å²) in [6.45, 7) is 9.37. The van der Waals surface area contributed by atoms with Gasteiger partial charge in [-0.05, 0) is 43.2 Å². The summed E-state index contributed by atoms with van der Waals surface area (Å²) in [5, 5.41) is 17.2. The lowest BCUT2D eigenvalue weighted by Gasteiger charge is -2.23. The highest BCUT2D eigenvalue weighted by Gasteiger charge is 2.27. The molecule has 0 fully saturated rings. The number of carbonyl (C=O) groups excluding carboxylic acids is 3. The van der Waals surface area contributed by atoms with Crippen molar-refractivity contribution in [1.29, 1.82) is 0 Å². The molecule has 0 aliphatic heterocycles. The Bertz CT molecular complexity index is 854. The highest BCUT2D eigenvalue weighted by atomic mass is 16.4. The zero-order chi connectivity index (χ0) is 26.4. The van der Waals surface area contributed by atoms with Crippen LogP contribution in [0.5, 0.6) is 0 Å². The molecule has 0 radical (unpaired) electrons. The highest BCUT2D eigenvalue weighted by molar-refractivity contribution is 5.95. The molecule has 0 saturated carbocycles. The second kappa shape index (κ2) is 15.7. The maximum absolute atomic E-state index is 13.0. The van der Waals surface area contributed by atoms with E-state index in [9.17, 15) is 24.3 Å². The van der Waals surface area contributed by atoms with Crippen LogP contribution in [0.25, 0.3) is 0 Å². The average molecular weight is 488 g/mol. The number of hydrogen-bond acceptors (Lipinski definition) is 4. The molecule has 0 aliphatic rings. The van der Waals surface area contributed by atoms with Crippen LogP contribution in [0.15, 0.2) is 42.5 Å². The smallest absolute Gasteiger partial charge is 0.326 e. The quantitative estimate of drug-likeness (QED) is 0.283. The van der Waals surface area contributed by atoms with Crippen molar-refractivity contribution in [2.45, 2.75) is 84.8 Å². The van der Waals surface area contributed by atoms with Crippen molar-refractivity contribution in [1.82, 2.24) is 16.0 Å². The van der Waals surface area contributed by atoms with Crippen molar-refractivity contribution in [3.63, 3.8) is 0 Å². The van der Waals surface area contributed by atoms with Gasteiger partial charge in [0.1, 0.15) is 18.1 Å². The molecule has 0 heterocycles. The zero-order valence-electron chi connectivity index (χ0n) is 21.5. The third-order valence-corrected chi connectivity index (χ3v) is 5.58. The number of rotatable bonds is 15. The van der Waals surface area contributed by atoms with Crippen molar-refractivity contribution in [2.24, 2.45) is 11.8 Å². The van der Waals surface area contributed by atoms with Gasteiger partial charge in [0.15, 0.2) is 0 Å². The molecule has 35 heavy (non-hydrogen) atoms. The Balaban J connectivity index is 2.87. The molecular formula is C27H41N3O5. The van der Waals surface area contributed by atoms with E-state index in [2.05, 4.69) is 22.9 Å². The van der Waals surface area contributed by atoms with Crippen molar-refractivity contribution < 1.29 is 24.3 Å². The number of nitrogens with one attached hydrogen (secondary N) is 3. The Kier molecular flexibility index (Phi) is 13.4. The number of carboxylic acid groups (broad SMARTS) is 1. The number of carboxylic acids is 1. The summed E-state index contributed by atoms with van der Waals surface area (Å²) in [6, 6.07) is 6.35. The Morgan fingerprint density at radius 2 is 1.57 bits per heavy atom. The summed E-state index contributed by atoms with van der Waals surface area (Å²) in [7, 11) is 0. The van der Waals surface area contributed by atoms with E-state index >= 15 is 0 Å². The molecule has 4 atom stereocenters. The van der Waals surface area contributed by atoms with E-state index in [1.54, 1.807) is 0 Å². The number of amides is 3. The molecule has 1 rings (SSSR count). The Morgan fingerprint density at radius 3 is 2.14 bits per heavy atom. The van der Waals surface area contributed by atoms with Crippen molar-refractivity contribution in [3.8, 4) is 0 Å². The van der Waals surface area contributed by atoms with Gasteiger partial charge in [-0.15, -0.1) is 0 Å². The van der Waals surface area contributed by atoms with Crippen molar-refractivity contribution in [3.05, 3.63) is 48.0 Å². The second-order valence-electron chi connectivity index (χ2n) is 9.49. The van der Waals surface area contributed by atoms with E-state index < -0.39 is 35.9 Å². The topological polar surface area (TPSA) is 125 Å². The first-order valence-electron chi connectivity index (χ1n) is 12.4. The first-order chi connectivity index (χ1) is 16.5. The van der Waals surface area contributed by atoms with Crippen LogP contribution >= 0.6 is 0 Å². The van der Waals surface area contributed by atoms with E-state index in [1.807, 2.05) is 57.2 Å². The first-order valence-corrected chi connectivity index (χ1v) is 12.4. The monoisotopic (exact) mass is 487 g/mol. The van der Waals surface area contributed by atoms with E-state index in [1.165, 1.54) is 13.0 Å². The number of unbranched alkanes of at least 4 members (excludes halogenated alkanes) is 1. The Hall–Kier alpha value is -3.16. The maximum atomic E-state index is 13.0. The van der Waals surface area contributed by atoms with Crippen LogP contribution < -0.4 is 16.0 Å². The second-order valence-corrected chi connectivity index (χ2v) is 9.49. The minimum atomic E-state index is -1.13. The van der Waals surface area contributed by atoms with Crippen LogP contribution in [0.4, 0.5) is 0 Å². The van der Waals surface area contributed by atoms with E-state index in [-0.39, 0.29) is 30.6 Å². The predicted molar refractivity (Wildman–Crippen MR) is 137 cm³/mol. The molecule has 194 valence electrons. The van der Waals surface area contributed by atoms with Gasteiger partial charge < -0.3 is 21.1 Å². The molecule has 3 amide bonds. The van der Waals surface area contributed by atoms with Gasteiger partial charge in [-0.3, -0.25) is 14.4 Å². The minimum absolute atomic E-state index is 0.0736. The van der Waals surface area contributed by atoms with Crippen LogP contribution in [0.2, 0.25) is 0 Å². The van der Waals surface area contributed by atoms with Gasteiger partial charge in [0.05, 0.1) is 0 Å². The fourth-order valence-electron chi connectivity index (χ4n) is 3.52. The Morgan fingerprint density at radius 1 is 0.914 bits per heavy atom. The summed E-state index contributed by atoms with van der Waals surface area (Å²) in [5.74, 6) is -2.30. The highest BCUT2D eigenvalue weighted by Crippen LogP contribution is 2.09. The molecule has 0 aliphatic carbocycles. The lowest BCUT2D eigenvalue weighted by molar-refractivity contribution is -0.142. The van der Waals surface area contributed by atoms with Gasteiger partial charge in [0, 0.05) is 6.42 Å². The average Bonchev–Trinajstić information content (AvgIpc) is 2.80. The third-order valence-electron chi connectivity index (χ3n) is 5.58. The normalized spacial score (nSPS) is 14.7. The fourth-order valence-corrected chi connectivity index (χ4v) is 3.52. The van der Waals surface area contributed by atoms with Crippen molar-refractivity contribution >= 4 is 23.7 Å². The zero-order valence-corrected chi connectivity index (χ0v) is 21.5. The molecule has 1 unspecified atom stereocenters. The van der Waals surface area contributed by atoms with E-state index in [0.29, 0.717) is 0 Å². The first kappa shape index (κ1) is 29.9. The molecule has 0 saturated heterocycles. The number of carbonyl (C=O) groups is 4. The third kappa shape index (κ3) is 12.2. The molecule has 0 bridgehead atoms. The minimum Gasteiger partial charge on any atom is -0.480 e. The number of aliphatic carboxylic acids is 1. The van der Waals surface area contributed by atoms with Gasteiger partial charge >= 0.3 is 5.97 Å². The standard InChI is InChI=1S/C27H41N3O5/c1-6-7-11-19(4)14-15-24(31)29-22(17-21-12-9-8-10-13-21)26(33)28-20(5)25(32)30-23(27(34)35)16-18(2)3/h8-10,12-15,18-20,22-23H,6-7,11,16-17H2,1-5H3,(H,28,33)(H,29,31)(H,30,32)(H,34,35)/b15-14+/t19?,20-,22-,23-/m0/s1. The number of benzene rings is 1. The van der Waals surface area contributed by atoms with Gasteiger partial charge in [-0.25, -0.2) is 4.79 Å². The summed E-state index contributed by atoms with van der Waals surface area (Å²) in [5.41, 5.74) is 0.855. The molecule has 8 nitrogen and oxygen atoms in total. The molecular weight excluding hydrogens is 446 g/mol. The number of allylic oxidation sites excluding steroid dienone is 1. The van der Waals surface area contributed by atoms with Crippen LogP contribution in [0.3, 0.4) is 0 Å². The molecule has 0 spiro atoms. The summed E-state index contributed by atoms with van der Waals surface area (Å²) >= 11 is 0. The van der Waals surface area contributed by atoms with E-state index in [0.717, 1.165) is 24.8 Å². The van der Waals surface area contributed by atoms with Crippen molar-refractivity contribution in [2.75, 3.05) is 0 Å².